The second kappa shape index (κ2) is 6.79. The van der Waals surface area contributed by atoms with Crippen LogP contribution in [0, 0.1) is 9.39 Å². The number of carbonyl (C=O) groups is 1. The standard InChI is InChI=1S/C16H12FIN2O2S/c1-2-22-10-4-6-13-14(8-10)23-16(19-13)20-15(21)11-7-9(17)3-5-12(11)18/h3-8H,2H2,1H3,(H,19,20,21). The van der Waals surface area contributed by atoms with Crippen molar-refractivity contribution in [3.63, 3.8) is 0 Å². The van der Waals surface area contributed by atoms with E-state index in [4.69, 9.17) is 4.74 Å². The topological polar surface area (TPSA) is 51.2 Å². The summed E-state index contributed by atoms with van der Waals surface area (Å²) in [6, 6.07) is 9.68. The molecule has 0 aliphatic carbocycles. The molecule has 2 aromatic carbocycles. The summed E-state index contributed by atoms with van der Waals surface area (Å²) in [5, 5.41) is 3.19. The predicted molar refractivity (Wildman–Crippen MR) is 97.9 cm³/mol. The Bertz CT molecular complexity index is 882. The molecule has 1 amide bonds. The van der Waals surface area contributed by atoms with Crippen molar-refractivity contribution in [1.82, 2.24) is 4.98 Å². The molecule has 3 aromatic rings. The summed E-state index contributed by atoms with van der Waals surface area (Å²) in [5.74, 6) is -0.0552. The van der Waals surface area contributed by atoms with Crippen molar-refractivity contribution >= 4 is 55.2 Å². The molecule has 23 heavy (non-hydrogen) atoms. The molecule has 0 fully saturated rings. The number of thiazole rings is 1. The van der Waals surface area contributed by atoms with E-state index in [2.05, 4.69) is 10.3 Å². The maximum atomic E-state index is 13.3. The van der Waals surface area contributed by atoms with Crippen molar-refractivity contribution < 1.29 is 13.9 Å². The lowest BCUT2D eigenvalue weighted by atomic mass is 10.2. The van der Waals surface area contributed by atoms with Crippen LogP contribution >= 0.6 is 33.9 Å². The van der Waals surface area contributed by atoms with Crippen LogP contribution in [0.1, 0.15) is 17.3 Å². The number of rotatable bonds is 4. The predicted octanol–water partition coefficient (Wildman–Crippen LogP) is 4.69. The molecule has 0 aliphatic heterocycles. The zero-order valence-electron chi connectivity index (χ0n) is 12.1. The molecule has 0 atom stereocenters. The van der Waals surface area contributed by atoms with E-state index in [1.165, 1.54) is 23.5 Å². The van der Waals surface area contributed by atoms with Gasteiger partial charge in [0.05, 0.1) is 22.4 Å². The Labute approximate surface area is 149 Å². The molecule has 1 heterocycles. The van der Waals surface area contributed by atoms with Crippen molar-refractivity contribution in [1.29, 1.82) is 0 Å². The summed E-state index contributed by atoms with van der Waals surface area (Å²) in [7, 11) is 0. The van der Waals surface area contributed by atoms with Gasteiger partial charge in [-0.05, 0) is 65.9 Å². The number of carbonyl (C=O) groups excluding carboxylic acids is 1. The second-order valence-electron chi connectivity index (χ2n) is 4.66. The van der Waals surface area contributed by atoms with E-state index in [9.17, 15) is 9.18 Å². The molecule has 0 aliphatic rings. The number of nitrogens with zero attached hydrogens (tertiary/aromatic N) is 1. The number of aromatic nitrogens is 1. The molecule has 1 aromatic heterocycles. The zero-order valence-corrected chi connectivity index (χ0v) is 15.1. The van der Waals surface area contributed by atoms with E-state index in [0.29, 0.717) is 20.9 Å². The summed E-state index contributed by atoms with van der Waals surface area (Å²) in [6.07, 6.45) is 0. The van der Waals surface area contributed by atoms with Crippen molar-refractivity contribution in [3.8, 4) is 5.75 Å². The van der Waals surface area contributed by atoms with Gasteiger partial charge in [0.25, 0.3) is 5.91 Å². The van der Waals surface area contributed by atoms with Crippen molar-refractivity contribution in [3.05, 3.63) is 51.3 Å². The Morgan fingerprint density at radius 1 is 1.35 bits per heavy atom. The van der Waals surface area contributed by atoms with Crippen LogP contribution in [0.3, 0.4) is 0 Å². The molecule has 3 rings (SSSR count). The Morgan fingerprint density at radius 2 is 2.17 bits per heavy atom. The number of fused-ring (bicyclic) bond motifs is 1. The van der Waals surface area contributed by atoms with Gasteiger partial charge in [0, 0.05) is 3.57 Å². The fourth-order valence-corrected chi connectivity index (χ4v) is 3.52. The van der Waals surface area contributed by atoms with E-state index >= 15 is 0 Å². The lowest BCUT2D eigenvalue weighted by Crippen LogP contribution is -2.13. The molecule has 7 heteroatoms. The number of hydrogen-bond donors (Lipinski definition) is 1. The summed E-state index contributed by atoms with van der Waals surface area (Å²) in [4.78, 5) is 16.7. The molecule has 0 radical (unpaired) electrons. The first kappa shape index (κ1) is 16.1. The van der Waals surface area contributed by atoms with Gasteiger partial charge < -0.3 is 4.74 Å². The number of halogens is 2. The molecular weight excluding hydrogens is 430 g/mol. The minimum absolute atomic E-state index is 0.292. The minimum atomic E-state index is -0.443. The fourth-order valence-electron chi connectivity index (χ4n) is 2.05. The van der Waals surface area contributed by atoms with E-state index in [-0.39, 0.29) is 5.91 Å². The number of ether oxygens (including phenoxy) is 1. The SMILES string of the molecule is CCOc1ccc2nc(NC(=O)c3cc(F)ccc3I)sc2c1. The fraction of sp³-hybridized carbons (Fsp3) is 0.125. The number of hydrogen-bond acceptors (Lipinski definition) is 4. The van der Waals surface area contributed by atoms with E-state index in [1.807, 2.05) is 47.7 Å². The third-order valence-corrected chi connectivity index (χ3v) is 4.94. The highest BCUT2D eigenvalue weighted by Gasteiger charge is 2.14. The van der Waals surface area contributed by atoms with Crippen LogP contribution in [0.5, 0.6) is 5.75 Å². The van der Waals surface area contributed by atoms with Crippen LogP contribution < -0.4 is 10.1 Å². The summed E-state index contributed by atoms with van der Waals surface area (Å²) in [6.45, 7) is 2.51. The molecule has 0 saturated carbocycles. The van der Waals surface area contributed by atoms with Gasteiger partial charge >= 0.3 is 0 Å². The van der Waals surface area contributed by atoms with Gasteiger partial charge in [-0.2, -0.15) is 0 Å². The molecular formula is C16H12FIN2O2S. The molecule has 0 saturated heterocycles. The van der Waals surface area contributed by atoms with Gasteiger partial charge in [0.1, 0.15) is 11.6 Å². The second-order valence-corrected chi connectivity index (χ2v) is 6.85. The van der Waals surface area contributed by atoms with Crippen LogP contribution in [0.15, 0.2) is 36.4 Å². The van der Waals surface area contributed by atoms with Crippen LogP contribution in [0.4, 0.5) is 9.52 Å². The molecule has 1 N–H and O–H groups in total. The third kappa shape index (κ3) is 3.61. The third-order valence-electron chi connectivity index (χ3n) is 3.06. The first-order chi connectivity index (χ1) is 11.1. The Hall–Kier alpha value is -1.74. The molecule has 0 bridgehead atoms. The van der Waals surface area contributed by atoms with Crippen LogP contribution in [0.2, 0.25) is 0 Å². The Morgan fingerprint density at radius 3 is 2.96 bits per heavy atom. The van der Waals surface area contributed by atoms with Crippen molar-refractivity contribution in [2.75, 3.05) is 11.9 Å². The van der Waals surface area contributed by atoms with Gasteiger partial charge in [-0.25, -0.2) is 9.37 Å². The zero-order chi connectivity index (χ0) is 16.4. The van der Waals surface area contributed by atoms with Gasteiger partial charge in [-0.1, -0.05) is 11.3 Å². The van der Waals surface area contributed by atoms with Crippen LogP contribution in [-0.4, -0.2) is 17.5 Å². The number of anilines is 1. The first-order valence-electron chi connectivity index (χ1n) is 6.86. The summed E-state index contributed by atoms with van der Waals surface area (Å²) < 4.78 is 20.4. The highest BCUT2D eigenvalue weighted by atomic mass is 127. The minimum Gasteiger partial charge on any atom is -0.494 e. The smallest absolute Gasteiger partial charge is 0.258 e. The maximum absolute atomic E-state index is 13.3. The molecule has 118 valence electrons. The van der Waals surface area contributed by atoms with E-state index < -0.39 is 5.82 Å². The lowest BCUT2D eigenvalue weighted by molar-refractivity contribution is 0.102. The first-order valence-corrected chi connectivity index (χ1v) is 8.76. The quantitative estimate of drug-likeness (QED) is 0.597. The Balaban J connectivity index is 1.86. The van der Waals surface area contributed by atoms with Gasteiger partial charge in [-0.3, -0.25) is 10.1 Å². The number of benzene rings is 2. The Kier molecular flexibility index (Phi) is 4.76. The van der Waals surface area contributed by atoms with Crippen molar-refractivity contribution in [2.24, 2.45) is 0 Å². The van der Waals surface area contributed by atoms with E-state index in [0.717, 1.165) is 16.0 Å². The van der Waals surface area contributed by atoms with Crippen LogP contribution in [0.25, 0.3) is 10.2 Å². The van der Waals surface area contributed by atoms with E-state index in [1.54, 1.807) is 6.07 Å². The van der Waals surface area contributed by atoms with Crippen LogP contribution in [-0.2, 0) is 0 Å². The van der Waals surface area contributed by atoms with Gasteiger partial charge in [0.2, 0.25) is 0 Å². The molecule has 0 unspecified atom stereocenters. The van der Waals surface area contributed by atoms with Crippen molar-refractivity contribution in [2.45, 2.75) is 6.92 Å². The highest BCUT2D eigenvalue weighted by Crippen LogP contribution is 2.29. The lowest BCUT2D eigenvalue weighted by Gasteiger charge is -2.04. The average molecular weight is 442 g/mol. The molecule has 0 spiro atoms. The number of amides is 1. The summed E-state index contributed by atoms with van der Waals surface area (Å²) in [5.41, 5.74) is 1.07. The normalized spacial score (nSPS) is 10.7. The van der Waals surface area contributed by atoms with Gasteiger partial charge in [0.15, 0.2) is 5.13 Å². The number of nitrogens with one attached hydrogen (secondary N) is 1. The average Bonchev–Trinajstić information content (AvgIpc) is 2.91. The maximum Gasteiger partial charge on any atom is 0.258 e. The highest BCUT2D eigenvalue weighted by molar-refractivity contribution is 14.1. The monoisotopic (exact) mass is 442 g/mol. The largest absolute Gasteiger partial charge is 0.494 e. The van der Waals surface area contributed by atoms with Gasteiger partial charge in [-0.15, -0.1) is 0 Å². The molecule has 4 nitrogen and oxygen atoms in total. The summed E-state index contributed by atoms with van der Waals surface area (Å²) >= 11 is 3.35.